The van der Waals surface area contributed by atoms with E-state index in [4.69, 9.17) is 0 Å². The van der Waals surface area contributed by atoms with Crippen molar-refractivity contribution in [2.45, 2.75) is 26.3 Å². The average Bonchev–Trinajstić information content (AvgIpc) is 3.03. The van der Waals surface area contributed by atoms with Crippen LogP contribution in [-0.2, 0) is 4.79 Å². The number of rotatable bonds is 3. The maximum atomic E-state index is 12.4. The molecular formula is C20H23N3O2. The maximum absolute atomic E-state index is 12.4. The second kappa shape index (κ2) is 7.38. The first-order chi connectivity index (χ1) is 12.0. The van der Waals surface area contributed by atoms with Crippen LogP contribution >= 0.6 is 0 Å². The predicted octanol–water partition coefficient (Wildman–Crippen LogP) is 3.40. The topological polar surface area (TPSA) is 61.4 Å². The quantitative estimate of drug-likeness (QED) is 0.902. The van der Waals surface area contributed by atoms with Gasteiger partial charge >= 0.3 is 6.03 Å². The largest absolute Gasteiger partial charge is 0.352 e. The Kier molecular flexibility index (Phi) is 5.03. The molecule has 1 aliphatic heterocycles. The number of aryl methyl sites for hydroxylation is 1. The number of hydrogen-bond donors (Lipinski definition) is 2. The van der Waals surface area contributed by atoms with Crippen molar-refractivity contribution in [2.75, 3.05) is 18.4 Å². The molecule has 3 amide bonds. The summed E-state index contributed by atoms with van der Waals surface area (Å²) in [4.78, 5) is 25.3. The molecule has 1 atom stereocenters. The van der Waals surface area contributed by atoms with Gasteiger partial charge in [0.1, 0.15) is 0 Å². The fourth-order valence-corrected chi connectivity index (χ4v) is 3.08. The molecule has 0 spiro atoms. The first kappa shape index (κ1) is 17.0. The van der Waals surface area contributed by atoms with E-state index in [1.54, 1.807) is 4.90 Å². The smallest absolute Gasteiger partial charge is 0.321 e. The fraction of sp³-hybridized carbons (Fsp3) is 0.300. The third kappa shape index (κ3) is 4.38. The van der Waals surface area contributed by atoms with E-state index in [9.17, 15) is 9.59 Å². The van der Waals surface area contributed by atoms with Crippen LogP contribution in [0.5, 0.6) is 0 Å². The predicted molar refractivity (Wildman–Crippen MR) is 99.4 cm³/mol. The molecule has 25 heavy (non-hydrogen) atoms. The summed E-state index contributed by atoms with van der Waals surface area (Å²) < 4.78 is 0. The van der Waals surface area contributed by atoms with E-state index in [1.165, 1.54) is 12.5 Å². The molecule has 0 aromatic heterocycles. The van der Waals surface area contributed by atoms with Gasteiger partial charge in [0.25, 0.3) is 0 Å². The van der Waals surface area contributed by atoms with E-state index in [2.05, 4.69) is 41.8 Å². The highest BCUT2D eigenvalue weighted by molar-refractivity contribution is 5.90. The van der Waals surface area contributed by atoms with Crippen molar-refractivity contribution >= 4 is 17.6 Å². The summed E-state index contributed by atoms with van der Waals surface area (Å²) in [6, 6.07) is 16.1. The molecule has 0 unspecified atom stereocenters. The zero-order valence-corrected chi connectivity index (χ0v) is 14.6. The second-order valence-electron chi connectivity index (χ2n) is 6.51. The van der Waals surface area contributed by atoms with Gasteiger partial charge in [-0.15, -0.1) is 0 Å². The summed E-state index contributed by atoms with van der Waals surface area (Å²) in [6.07, 6.45) is 0.788. The molecule has 1 heterocycles. The number of carbonyl (C=O) groups excluding carboxylic acids is 2. The van der Waals surface area contributed by atoms with Gasteiger partial charge in [-0.05, 0) is 36.6 Å². The molecule has 0 saturated carbocycles. The number of benzene rings is 2. The fourth-order valence-electron chi connectivity index (χ4n) is 3.08. The molecule has 0 bridgehead atoms. The Morgan fingerprint density at radius 1 is 1.08 bits per heavy atom. The summed E-state index contributed by atoms with van der Waals surface area (Å²) >= 11 is 0. The van der Waals surface area contributed by atoms with E-state index >= 15 is 0 Å². The van der Waals surface area contributed by atoms with Crippen molar-refractivity contribution in [1.29, 1.82) is 0 Å². The number of urea groups is 1. The van der Waals surface area contributed by atoms with Crippen LogP contribution in [0.25, 0.3) is 11.1 Å². The van der Waals surface area contributed by atoms with Crippen molar-refractivity contribution in [1.82, 2.24) is 10.2 Å². The Morgan fingerprint density at radius 2 is 1.84 bits per heavy atom. The highest BCUT2D eigenvalue weighted by atomic mass is 16.2. The lowest BCUT2D eigenvalue weighted by Gasteiger charge is -2.18. The van der Waals surface area contributed by atoms with Gasteiger partial charge in [0.05, 0.1) is 0 Å². The van der Waals surface area contributed by atoms with Crippen LogP contribution < -0.4 is 10.6 Å². The van der Waals surface area contributed by atoms with Gasteiger partial charge in [0, 0.05) is 31.7 Å². The van der Waals surface area contributed by atoms with E-state index in [0.29, 0.717) is 13.1 Å². The number of amides is 3. The first-order valence-corrected chi connectivity index (χ1v) is 8.51. The molecule has 2 aromatic rings. The Hall–Kier alpha value is -2.82. The van der Waals surface area contributed by atoms with Crippen LogP contribution in [0.4, 0.5) is 10.5 Å². The molecule has 2 aromatic carbocycles. The third-order valence-corrected chi connectivity index (χ3v) is 4.38. The Balaban J connectivity index is 1.65. The van der Waals surface area contributed by atoms with Crippen molar-refractivity contribution in [3.05, 3.63) is 54.1 Å². The number of anilines is 1. The van der Waals surface area contributed by atoms with E-state index < -0.39 is 0 Å². The Bertz CT molecular complexity index is 771. The SMILES string of the molecule is CC(=O)N[C@@H]1CCN(C(=O)Nc2cccc(-c3ccc(C)cc3)c2)C1. The average molecular weight is 337 g/mol. The minimum Gasteiger partial charge on any atom is -0.352 e. The van der Waals surface area contributed by atoms with E-state index in [-0.39, 0.29) is 18.0 Å². The summed E-state index contributed by atoms with van der Waals surface area (Å²) in [5, 5.41) is 5.82. The molecule has 5 heteroatoms. The minimum atomic E-state index is -0.131. The number of nitrogens with zero attached hydrogens (tertiary/aromatic N) is 1. The zero-order chi connectivity index (χ0) is 17.8. The van der Waals surface area contributed by atoms with Gasteiger partial charge < -0.3 is 15.5 Å². The summed E-state index contributed by atoms with van der Waals surface area (Å²) in [5.74, 6) is -0.0574. The molecule has 0 aliphatic carbocycles. The van der Waals surface area contributed by atoms with Gasteiger partial charge in [-0.25, -0.2) is 4.79 Å². The van der Waals surface area contributed by atoms with Crippen molar-refractivity contribution in [3.63, 3.8) is 0 Å². The number of likely N-dealkylation sites (tertiary alicyclic amines) is 1. The summed E-state index contributed by atoms with van der Waals surface area (Å²) in [7, 11) is 0. The third-order valence-electron chi connectivity index (χ3n) is 4.38. The molecule has 130 valence electrons. The molecule has 1 aliphatic rings. The first-order valence-electron chi connectivity index (χ1n) is 8.51. The number of hydrogen-bond acceptors (Lipinski definition) is 2. The lowest BCUT2D eigenvalue weighted by molar-refractivity contribution is -0.119. The standard InChI is InChI=1S/C20H23N3O2/c1-14-6-8-16(9-7-14)17-4-3-5-18(12-17)22-20(25)23-11-10-19(13-23)21-15(2)24/h3-9,12,19H,10-11,13H2,1-2H3,(H,21,24)(H,22,25)/t19-/m1/s1. The van der Waals surface area contributed by atoms with Gasteiger partial charge in [-0.3, -0.25) is 4.79 Å². The molecular weight excluding hydrogens is 314 g/mol. The van der Waals surface area contributed by atoms with Crippen molar-refractivity contribution < 1.29 is 9.59 Å². The Labute approximate surface area is 148 Å². The van der Waals surface area contributed by atoms with Crippen molar-refractivity contribution in [3.8, 4) is 11.1 Å². The molecule has 2 N–H and O–H groups in total. The number of nitrogens with one attached hydrogen (secondary N) is 2. The molecule has 0 radical (unpaired) electrons. The minimum absolute atomic E-state index is 0.0437. The van der Waals surface area contributed by atoms with E-state index in [1.807, 2.05) is 24.3 Å². The molecule has 1 fully saturated rings. The second-order valence-corrected chi connectivity index (χ2v) is 6.51. The highest BCUT2D eigenvalue weighted by Gasteiger charge is 2.26. The highest BCUT2D eigenvalue weighted by Crippen LogP contribution is 2.23. The molecule has 5 nitrogen and oxygen atoms in total. The van der Waals surface area contributed by atoms with Gasteiger partial charge in [0.15, 0.2) is 0 Å². The van der Waals surface area contributed by atoms with Crippen LogP contribution in [-0.4, -0.2) is 36.0 Å². The van der Waals surface area contributed by atoms with Crippen LogP contribution in [0, 0.1) is 6.92 Å². The monoisotopic (exact) mass is 337 g/mol. The Morgan fingerprint density at radius 3 is 2.56 bits per heavy atom. The normalized spacial score (nSPS) is 16.6. The summed E-state index contributed by atoms with van der Waals surface area (Å²) in [5.41, 5.74) is 4.17. The molecule has 3 rings (SSSR count). The lowest BCUT2D eigenvalue weighted by Crippen LogP contribution is -2.38. The van der Waals surface area contributed by atoms with Crippen LogP contribution in [0.1, 0.15) is 18.9 Å². The van der Waals surface area contributed by atoms with E-state index in [0.717, 1.165) is 23.2 Å². The van der Waals surface area contributed by atoms with Crippen molar-refractivity contribution in [2.24, 2.45) is 0 Å². The van der Waals surface area contributed by atoms with Gasteiger partial charge in [-0.2, -0.15) is 0 Å². The van der Waals surface area contributed by atoms with Crippen LogP contribution in [0.3, 0.4) is 0 Å². The van der Waals surface area contributed by atoms with Crippen LogP contribution in [0.2, 0.25) is 0 Å². The van der Waals surface area contributed by atoms with Gasteiger partial charge in [0.2, 0.25) is 5.91 Å². The maximum Gasteiger partial charge on any atom is 0.321 e. The molecule has 1 saturated heterocycles. The number of carbonyl (C=O) groups is 2. The summed E-state index contributed by atoms with van der Waals surface area (Å²) in [6.45, 7) is 4.75. The van der Waals surface area contributed by atoms with Crippen LogP contribution in [0.15, 0.2) is 48.5 Å². The van der Waals surface area contributed by atoms with Gasteiger partial charge in [-0.1, -0.05) is 42.0 Å². The zero-order valence-electron chi connectivity index (χ0n) is 14.6. The lowest BCUT2D eigenvalue weighted by atomic mass is 10.0.